The van der Waals surface area contributed by atoms with E-state index in [4.69, 9.17) is 0 Å². The lowest BCUT2D eigenvalue weighted by Crippen LogP contribution is -3.12. The van der Waals surface area contributed by atoms with Crippen molar-refractivity contribution in [2.24, 2.45) is 0 Å². The fourth-order valence-electron chi connectivity index (χ4n) is 2.94. The van der Waals surface area contributed by atoms with Gasteiger partial charge in [-0.1, -0.05) is 12.1 Å². The molecule has 1 N–H and O–H groups in total. The number of nitrogens with one attached hydrogen (secondary N) is 1. The van der Waals surface area contributed by atoms with E-state index in [9.17, 15) is 14.0 Å². The first kappa shape index (κ1) is 16.3. The molecule has 0 saturated carbocycles. The van der Waals surface area contributed by atoms with Crippen LogP contribution in [0.25, 0.3) is 0 Å². The van der Waals surface area contributed by atoms with Crippen LogP contribution in [0, 0.1) is 5.82 Å². The summed E-state index contributed by atoms with van der Waals surface area (Å²) in [5.74, 6) is -0.0654. The first-order valence-electron chi connectivity index (χ1n) is 7.80. The molecule has 124 valence electrons. The van der Waals surface area contributed by atoms with E-state index in [-0.39, 0.29) is 29.6 Å². The largest absolute Gasteiger partial charge is 0.334 e. The molecule has 1 aromatic rings. The van der Waals surface area contributed by atoms with E-state index >= 15 is 0 Å². The second kappa shape index (κ2) is 6.88. The Morgan fingerprint density at radius 2 is 2.13 bits per heavy atom. The smallest absolute Gasteiger partial charge is 0.242 e. The van der Waals surface area contributed by atoms with Gasteiger partial charge in [0.2, 0.25) is 11.8 Å². The Bertz CT molecular complexity index is 605. The summed E-state index contributed by atoms with van der Waals surface area (Å²) in [4.78, 5) is 29.5. The maximum absolute atomic E-state index is 13.4. The van der Waals surface area contributed by atoms with Gasteiger partial charge in [0.25, 0.3) is 0 Å². The summed E-state index contributed by atoms with van der Waals surface area (Å²) in [7, 11) is 2.11. The van der Waals surface area contributed by atoms with Crippen LogP contribution < -0.4 is 4.90 Å². The molecule has 2 aliphatic heterocycles. The van der Waals surface area contributed by atoms with Crippen LogP contribution in [0.3, 0.4) is 0 Å². The van der Waals surface area contributed by atoms with Crippen LogP contribution in [0.2, 0.25) is 0 Å². The highest BCUT2D eigenvalue weighted by molar-refractivity contribution is 8.00. The number of quaternary nitrogens is 1. The molecular weight excluding hydrogens is 317 g/mol. The lowest BCUT2D eigenvalue weighted by Gasteiger charge is -2.32. The number of likely N-dealkylation sites (N-methyl/N-ethyl adjacent to an activating group) is 1. The highest BCUT2D eigenvalue weighted by Gasteiger charge is 2.35. The predicted octanol–water partition coefficient (Wildman–Crippen LogP) is -0.243. The summed E-state index contributed by atoms with van der Waals surface area (Å²) in [6, 6.07) is 6.26. The minimum atomic E-state index is -0.323. The molecule has 23 heavy (non-hydrogen) atoms. The number of piperazine rings is 1. The molecule has 1 aromatic carbocycles. The van der Waals surface area contributed by atoms with E-state index in [1.54, 1.807) is 17.0 Å². The molecule has 0 aromatic heterocycles. The molecule has 0 bridgehead atoms. The lowest BCUT2D eigenvalue weighted by atomic mass is 10.2. The number of rotatable bonds is 3. The van der Waals surface area contributed by atoms with Gasteiger partial charge in [-0.15, -0.1) is 11.8 Å². The third-order valence-corrected chi connectivity index (χ3v) is 5.63. The molecule has 2 amide bonds. The molecule has 2 fully saturated rings. The quantitative estimate of drug-likeness (QED) is 0.827. The van der Waals surface area contributed by atoms with E-state index in [2.05, 4.69) is 7.05 Å². The highest BCUT2D eigenvalue weighted by atomic mass is 32.2. The molecule has 1 atom stereocenters. The number of carbonyl (C=O) groups excluding carboxylic acids is 2. The zero-order valence-electron chi connectivity index (χ0n) is 13.1. The van der Waals surface area contributed by atoms with Gasteiger partial charge in [0.1, 0.15) is 17.7 Å². The molecule has 0 radical (unpaired) electrons. The molecule has 5 nitrogen and oxygen atoms in total. The van der Waals surface area contributed by atoms with Crippen molar-refractivity contribution < 1.29 is 18.9 Å². The van der Waals surface area contributed by atoms with Crippen LogP contribution in [-0.4, -0.2) is 67.1 Å². The van der Waals surface area contributed by atoms with Gasteiger partial charge in [-0.3, -0.25) is 9.59 Å². The van der Waals surface area contributed by atoms with Crippen molar-refractivity contribution in [2.45, 2.75) is 5.37 Å². The van der Waals surface area contributed by atoms with Gasteiger partial charge < -0.3 is 14.7 Å². The van der Waals surface area contributed by atoms with Crippen molar-refractivity contribution in [1.82, 2.24) is 9.80 Å². The molecule has 3 rings (SSSR count). The fourth-order valence-corrected chi connectivity index (χ4v) is 4.12. The average molecular weight is 338 g/mol. The van der Waals surface area contributed by atoms with Crippen LogP contribution in [0.1, 0.15) is 10.9 Å². The number of hydrogen-bond donors (Lipinski definition) is 1. The molecule has 0 spiro atoms. The van der Waals surface area contributed by atoms with E-state index in [0.29, 0.717) is 5.75 Å². The summed E-state index contributed by atoms with van der Waals surface area (Å²) in [5.41, 5.74) is 0.733. The molecule has 0 aliphatic carbocycles. The SMILES string of the molecule is C[NH+]1CCN(C(=O)CN2C(=O)CS[C@H]2c2cccc(F)c2)CC1. The van der Waals surface area contributed by atoms with E-state index in [1.807, 2.05) is 4.90 Å². The van der Waals surface area contributed by atoms with Crippen LogP contribution in [0.4, 0.5) is 4.39 Å². The van der Waals surface area contributed by atoms with Crippen LogP contribution in [0.5, 0.6) is 0 Å². The Kier molecular flexibility index (Phi) is 4.87. The first-order chi connectivity index (χ1) is 11.0. The molecule has 0 unspecified atom stereocenters. The highest BCUT2D eigenvalue weighted by Crippen LogP contribution is 2.38. The van der Waals surface area contributed by atoms with Gasteiger partial charge in [-0.2, -0.15) is 0 Å². The molecule has 7 heteroatoms. The number of amides is 2. The third kappa shape index (κ3) is 3.67. The topological polar surface area (TPSA) is 45.1 Å². The Morgan fingerprint density at radius 1 is 1.39 bits per heavy atom. The maximum atomic E-state index is 13.4. The summed E-state index contributed by atoms with van der Waals surface area (Å²) < 4.78 is 13.4. The van der Waals surface area contributed by atoms with Crippen molar-refractivity contribution in [3.8, 4) is 0 Å². The zero-order valence-corrected chi connectivity index (χ0v) is 13.9. The van der Waals surface area contributed by atoms with Crippen molar-refractivity contribution in [2.75, 3.05) is 45.5 Å². The van der Waals surface area contributed by atoms with Gasteiger partial charge in [-0.25, -0.2) is 4.39 Å². The summed E-state index contributed by atoms with van der Waals surface area (Å²) in [6.07, 6.45) is 0. The van der Waals surface area contributed by atoms with Gasteiger partial charge in [0.05, 0.1) is 39.0 Å². The zero-order chi connectivity index (χ0) is 16.4. The second-order valence-corrected chi connectivity index (χ2v) is 7.15. The molecular formula is C16H21FN3O2S+. The van der Waals surface area contributed by atoms with Gasteiger partial charge >= 0.3 is 0 Å². The maximum Gasteiger partial charge on any atom is 0.242 e. The van der Waals surface area contributed by atoms with Crippen LogP contribution in [-0.2, 0) is 9.59 Å². The van der Waals surface area contributed by atoms with E-state index in [1.165, 1.54) is 28.8 Å². The predicted molar refractivity (Wildman–Crippen MR) is 86.5 cm³/mol. The first-order valence-corrected chi connectivity index (χ1v) is 8.85. The summed E-state index contributed by atoms with van der Waals surface area (Å²) in [6.45, 7) is 3.39. The second-order valence-electron chi connectivity index (χ2n) is 6.08. The normalized spacial score (nSPS) is 22.7. The minimum absolute atomic E-state index is 0.0187. The van der Waals surface area contributed by atoms with Crippen LogP contribution >= 0.6 is 11.8 Å². The van der Waals surface area contributed by atoms with E-state index < -0.39 is 0 Å². The molecule has 2 aliphatic rings. The minimum Gasteiger partial charge on any atom is -0.334 e. The van der Waals surface area contributed by atoms with Gasteiger partial charge in [0.15, 0.2) is 0 Å². The van der Waals surface area contributed by atoms with Crippen molar-refractivity contribution in [3.05, 3.63) is 35.6 Å². The van der Waals surface area contributed by atoms with Gasteiger partial charge in [0, 0.05) is 0 Å². The average Bonchev–Trinajstić information content (AvgIpc) is 2.89. The Hall–Kier alpha value is -1.60. The standard InChI is InChI=1S/C16H20FN3O2S/c1-18-5-7-19(8-6-18)14(21)10-20-15(22)11-23-16(20)12-3-2-4-13(17)9-12/h2-4,9,16H,5-8,10-11H2,1H3/p+1/t16-/m0/s1. The molecule has 2 heterocycles. The third-order valence-electron chi connectivity index (χ3n) is 4.38. The molecule has 2 saturated heterocycles. The number of halogens is 1. The summed E-state index contributed by atoms with van der Waals surface area (Å²) >= 11 is 1.44. The number of thioether (sulfide) groups is 1. The number of nitrogens with zero attached hydrogens (tertiary/aromatic N) is 2. The van der Waals surface area contributed by atoms with Crippen molar-refractivity contribution in [3.63, 3.8) is 0 Å². The van der Waals surface area contributed by atoms with Crippen molar-refractivity contribution >= 4 is 23.6 Å². The summed E-state index contributed by atoms with van der Waals surface area (Å²) in [5, 5.41) is -0.278. The number of carbonyl (C=O) groups is 2. The Balaban J connectivity index is 1.69. The number of hydrogen-bond acceptors (Lipinski definition) is 3. The van der Waals surface area contributed by atoms with E-state index in [0.717, 1.165) is 31.7 Å². The fraction of sp³-hybridized carbons (Fsp3) is 0.500. The lowest BCUT2D eigenvalue weighted by molar-refractivity contribution is -0.883. The van der Waals surface area contributed by atoms with Crippen LogP contribution in [0.15, 0.2) is 24.3 Å². The number of benzene rings is 1. The monoisotopic (exact) mass is 338 g/mol. The van der Waals surface area contributed by atoms with Crippen molar-refractivity contribution in [1.29, 1.82) is 0 Å². The van der Waals surface area contributed by atoms with Gasteiger partial charge in [-0.05, 0) is 17.7 Å². The Morgan fingerprint density at radius 3 is 2.83 bits per heavy atom. The Labute approximate surface area is 139 Å².